The van der Waals surface area contributed by atoms with Gasteiger partial charge in [0.15, 0.2) is 11.5 Å². The van der Waals surface area contributed by atoms with Crippen LogP contribution in [-0.2, 0) is 0 Å². The Morgan fingerprint density at radius 3 is 2.30 bits per heavy atom. The molecule has 0 spiro atoms. The number of benzene rings is 2. The summed E-state index contributed by atoms with van der Waals surface area (Å²) in [5.41, 5.74) is 6.73. The molecule has 2 N–H and O–H groups in total. The summed E-state index contributed by atoms with van der Waals surface area (Å²) < 4.78 is 46.4. The number of rotatable bonds is 5. The molecule has 0 radical (unpaired) electrons. The topological polar surface area (TPSA) is 44.5 Å². The van der Waals surface area contributed by atoms with E-state index in [-0.39, 0.29) is 31.3 Å². The third kappa shape index (κ3) is 5.82. The predicted octanol–water partition coefficient (Wildman–Crippen LogP) is 4.66. The largest absolute Gasteiger partial charge is 0.573 e. The highest BCUT2D eigenvalue weighted by Gasteiger charge is 2.32. The molecule has 8 heteroatoms. The Hall–Kier alpha value is -1.63. The Morgan fingerprint density at radius 2 is 1.70 bits per heavy atom. The molecule has 2 rings (SSSR count). The summed E-state index contributed by atoms with van der Waals surface area (Å²) in [7, 11) is 0. The molecule has 23 heavy (non-hydrogen) atoms. The van der Waals surface area contributed by atoms with Crippen LogP contribution in [0.15, 0.2) is 42.5 Å². The third-order valence-corrected chi connectivity index (χ3v) is 2.94. The van der Waals surface area contributed by atoms with Crippen LogP contribution < -0.4 is 15.2 Å². The second-order valence-electron chi connectivity index (χ2n) is 4.36. The summed E-state index contributed by atoms with van der Waals surface area (Å²) in [5.74, 6) is -0.438. The number of hydrogen-bond acceptors (Lipinski definition) is 3. The lowest BCUT2D eigenvalue weighted by atomic mass is 10.1. The molecule has 0 aromatic heterocycles. The van der Waals surface area contributed by atoms with E-state index in [0.29, 0.717) is 10.6 Å². The average Bonchev–Trinajstić information content (AvgIpc) is 2.44. The Morgan fingerprint density at radius 1 is 1.00 bits per heavy atom. The summed E-state index contributed by atoms with van der Waals surface area (Å²) in [6.45, 7) is 0.250. The lowest BCUT2D eigenvalue weighted by molar-refractivity contribution is -0.275. The van der Waals surface area contributed by atoms with Crippen LogP contribution in [0.25, 0.3) is 11.1 Å². The molecule has 0 fully saturated rings. The van der Waals surface area contributed by atoms with E-state index in [1.165, 1.54) is 18.2 Å². The zero-order valence-electron chi connectivity index (χ0n) is 11.8. The molecular weight excluding hydrogens is 354 g/mol. The molecule has 0 aliphatic heterocycles. The van der Waals surface area contributed by atoms with Crippen LogP contribution in [0.4, 0.5) is 13.2 Å². The first-order valence-electron chi connectivity index (χ1n) is 6.37. The Labute approximate surface area is 142 Å². The number of ether oxygens (including phenoxy) is 2. The summed E-state index contributed by atoms with van der Waals surface area (Å²) in [6, 6.07) is 11.1. The van der Waals surface area contributed by atoms with Crippen LogP contribution in [0.2, 0.25) is 5.02 Å². The molecule has 0 atom stereocenters. The molecule has 0 aliphatic carbocycles. The van der Waals surface area contributed by atoms with E-state index in [0.717, 1.165) is 5.56 Å². The second kappa shape index (κ2) is 8.29. The zero-order valence-corrected chi connectivity index (χ0v) is 13.3. The molecule has 126 valence electrons. The molecule has 0 saturated heterocycles. The van der Waals surface area contributed by atoms with Gasteiger partial charge in [-0.2, -0.15) is 0 Å². The number of alkyl halides is 3. The first-order valence-corrected chi connectivity index (χ1v) is 6.75. The number of halogens is 5. The van der Waals surface area contributed by atoms with E-state index < -0.39 is 12.1 Å². The second-order valence-corrected chi connectivity index (χ2v) is 4.79. The molecule has 0 bridgehead atoms. The van der Waals surface area contributed by atoms with Gasteiger partial charge in [-0.3, -0.25) is 0 Å². The van der Waals surface area contributed by atoms with Crippen molar-refractivity contribution < 1.29 is 22.6 Å². The van der Waals surface area contributed by atoms with Gasteiger partial charge < -0.3 is 15.2 Å². The van der Waals surface area contributed by atoms with Crippen LogP contribution in [0, 0.1) is 0 Å². The van der Waals surface area contributed by atoms with Crippen molar-refractivity contribution in [3.8, 4) is 22.6 Å². The maximum absolute atomic E-state index is 12.4. The molecule has 2 aromatic carbocycles. The maximum atomic E-state index is 12.4. The Balaban J connectivity index is 0.00000264. The van der Waals surface area contributed by atoms with Gasteiger partial charge in [-0.05, 0) is 35.4 Å². The van der Waals surface area contributed by atoms with Gasteiger partial charge in [-0.1, -0.05) is 29.8 Å². The summed E-state index contributed by atoms with van der Waals surface area (Å²) in [5, 5.41) is 0.526. The molecule has 0 aliphatic rings. The third-order valence-electron chi connectivity index (χ3n) is 2.70. The van der Waals surface area contributed by atoms with E-state index in [9.17, 15) is 13.2 Å². The van der Waals surface area contributed by atoms with Gasteiger partial charge in [-0.15, -0.1) is 25.6 Å². The minimum absolute atomic E-state index is 0. The van der Waals surface area contributed by atoms with Gasteiger partial charge in [-0.25, -0.2) is 0 Å². The smallest absolute Gasteiger partial charge is 0.488 e. The van der Waals surface area contributed by atoms with Crippen LogP contribution in [0.1, 0.15) is 0 Å². The molecule has 2 aromatic rings. The van der Waals surface area contributed by atoms with E-state index in [4.69, 9.17) is 22.1 Å². The van der Waals surface area contributed by atoms with Crippen LogP contribution in [-0.4, -0.2) is 19.5 Å². The lowest BCUT2D eigenvalue weighted by Gasteiger charge is -2.15. The molecule has 0 saturated carbocycles. The summed E-state index contributed by atoms with van der Waals surface area (Å²) in [6.07, 6.45) is -4.79. The molecule has 0 amide bonds. The monoisotopic (exact) mass is 367 g/mol. The Kier molecular flexibility index (Phi) is 7.00. The van der Waals surface area contributed by atoms with Crippen molar-refractivity contribution in [3.05, 3.63) is 47.5 Å². The van der Waals surface area contributed by atoms with Crippen molar-refractivity contribution in [1.82, 2.24) is 0 Å². The maximum Gasteiger partial charge on any atom is 0.573 e. The lowest BCUT2D eigenvalue weighted by Crippen LogP contribution is -2.18. The molecule has 3 nitrogen and oxygen atoms in total. The fraction of sp³-hybridized carbons (Fsp3) is 0.200. The van der Waals surface area contributed by atoms with Gasteiger partial charge >= 0.3 is 6.36 Å². The SMILES string of the molecule is Cl.NCCOc1cc(-c2cccc(Cl)c2)ccc1OC(F)(F)F. The van der Waals surface area contributed by atoms with E-state index >= 15 is 0 Å². The van der Waals surface area contributed by atoms with Gasteiger partial charge in [0, 0.05) is 11.6 Å². The fourth-order valence-corrected chi connectivity index (χ4v) is 2.04. The van der Waals surface area contributed by atoms with Crippen molar-refractivity contribution in [2.75, 3.05) is 13.2 Å². The fourth-order valence-electron chi connectivity index (χ4n) is 1.85. The van der Waals surface area contributed by atoms with Crippen molar-refractivity contribution >= 4 is 24.0 Å². The minimum Gasteiger partial charge on any atom is -0.488 e. The predicted molar refractivity (Wildman–Crippen MR) is 85.4 cm³/mol. The Bertz CT molecular complexity index is 651. The first-order chi connectivity index (χ1) is 10.4. The highest BCUT2D eigenvalue weighted by Crippen LogP contribution is 2.36. The standard InChI is InChI=1S/C15H13ClF3NO2.ClH/c16-12-3-1-2-10(8-12)11-4-5-13(22-15(17,18)19)14(9-11)21-7-6-20;/h1-5,8-9H,6-7,20H2;1H. The quantitative estimate of drug-likeness (QED) is 0.835. The zero-order chi connectivity index (χ0) is 16.2. The van der Waals surface area contributed by atoms with Gasteiger partial charge in [0.05, 0.1) is 0 Å². The normalized spacial score (nSPS) is 10.8. The average molecular weight is 368 g/mol. The van der Waals surface area contributed by atoms with Crippen molar-refractivity contribution in [1.29, 1.82) is 0 Å². The molecule has 0 heterocycles. The molecule has 0 unspecified atom stereocenters. The van der Waals surface area contributed by atoms with E-state index in [1.807, 2.05) is 0 Å². The summed E-state index contributed by atoms with van der Waals surface area (Å²) in [4.78, 5) is 0. The van der Waals surface area contributed by atoms with Gasteiger partial charge in [0.1, 0.15) is 6.61 Å². The highest BCUT2D eigenvalue weighted by atomic mass is 35.5. The van der Waals surface area contributed by atoms with Crippen LogP contribution in [0.3, 0.4) is 0 Å². The first kappa shape index (κ1) is 19.4. The van der Waals surface area contributed by atoms with Crippen LogP contribution in [0.5, 0.6) is 11.5 Å². The highest BCUT2D eigenvalue weighted by molar-refractivity contribution is 6.30. The minimum atomic E-state index is -4.79. The van der Waals surface area contributed by atoms with Crippen molar-refractivity contribution in [3.63, 3.8) is 0 Å². The van der Waals surface area contributed by atoms with Crippen molar-refractivity contribution in [2.24, 2.45) is 5.73 Å². The summed E-state index contributed by atoms with van der Waals surface area (Å²) >= 11 is 5.92. The van der Waals surface area contributed by atoms with E-state index in [1.54, 1.807) is 24.3 Å². The van der Waals surface area contributed by atoms with Crippen LogP contribution >= 0.6 is 24.0 Å². The number of nitrogens with two attached hydrogens (primary N) is 1. The molecular formula is C15H14Cl2F3NO2. The van der Waals surface area contributed by atoms with E-state index in [2.05, 4.69) is 4.74 Å². The van der Waals surface area contributed by atoms with Gasteiger partial charge in [0.25, 0.3) is 0 Å². The van der Waals surface area contributed by atoms with Crippen molar-refractivity contribution in [2.45, 2.75) is 6.36 Å². The number of hydrogen-bond donors (Lipinski definition) is 1. The van der Waals surface area contributed by atoms with Gasteiger partial charge in [0.2, 0.25) is 0 Å².